The van der Waals surface area contributed by atoms with Crippen molar-refractivity contribution in [1.82, 2.24) is 4.90 Å². The number of para-hydroxylation sites is 1. The summed E-state index contributed by atoms with van der Waals surface area (Å²) in [5, 5.41) is 2.67. The summed E-state index contributed by atoms with van der Waals surface area (Å²) < 4.78 is 23.8. The van der Waals surface area contributed by atoms with E-state index < -0.39 is 9.84 Å². The Morgan fingerprint density at radius 3 is 2.48 bits per heavy atom. The molecule has 1 aliphatic heterocycles. The molecule has 1 aromatic rings. The molecule has 1 saturated heterocycles. The molecule has 5 nitrogen and oxygen atoms in total. The van der Waals surface area contributed by atoms with Gasteiger partial charge in [-0.3, -0.25) is 0 Å². The fraction of sp³-hybridized carbons (Fsp3) is 0.588. The number of benzene rings is 1. The number of likely N-dealkylation sites (tertiary alicyclic amines) is 1. The van der Waals surface area contributed by atoms with Gasteiger partial charge in [0, 0.05) is 24.5 Å². The fourth-order valence-corrected chi connectivity index (χ4v) is 4.38. The van der Waals surface area contributed by atoms with Gasteiger partial charge in [-0.05, 0) is 30.9 Å². The van der Waals surface area contributed by atoms with Gasteiger partial charge in [0.15, 0.2) is 9.84 Å². The lowest BCUT2D eigenvalue weighted by molar-refractivity contribution is 0.200. The monoisotopic (exact) mass is 338 g/mol. The first-order valence-corrected chi connectivity index (χ1v) is 10.0. The number of aryl methyl sites for hydroxylation is 1. The molecule has 23 heavy (non-hydrogen) atoms. The summed E-state index contributed by atoms with van der Waals surface area (Å²) in [6, 6.07) is 7.69. The third-order valence-electron chi connectivity index (χ3n) is 4.42. The van der Waals surface area contributed by atoms with E-state index in [1.54, 1.807) is 11.8 Å². The van der Waals surface area contributed by atoms with Crippen molar-refractivity contribution in [3.8, 4) is 0 Å². The molecule has 6 heteroatoms. The van der Waals surface area contributed by atoms with Crippen molar-refractivity contribution in [3.63, 3.8) is 0 Å². The molecule has 0 spiro atoms. The van der Waals surface area contributed by atoms with Gasteiger partial charge in [0.05, 0.1) is 5.25 Å². The highest BCUT2D eigenvalue weighted by atomic mass is 32.2. The van der Waals surface area contributed by atoms with Gasteiger partial charge in [0.1, 0.15) is 0 Å². The average molecular weight is 338 g/mol. The minimum atomic E-state index is -3.00. The molecule has 1 aliphatic rings. The molecule has 0 saturated carbocycles. The van der Waals surface area contributed by atoms with Crippen LogP contribution in [0.15, 0.2) is 24.3 Å². The number of carbonyl (C=O) groups is 1. The van der Waals surface area contributed by atoms with Crippen molar-refractivity contribution in [2.24, 2.45) is 0 Å². The van der Waals surface area contributed by atoms with Crippen molar-refractivity contribution >= 4 is 21.6 Å². The maximum atomic E-state index is 12.4. The van der Waals surface area contributed by atoms with Crippen LogP contribution < -0.4 is 5.32 Å². The van der Waals surface area contributed by atoms with E-state index in [-0.39, 0.29) is 17.0 Å². The zero-order valence-corrected chi connectivity index (χ0v) is 14.7. The average Bonchev–Trinajstić information content (AvgIpc) is 2.57. The third-order valence-corrected chi connectivity index (χ3v) is 6.71. The number of hydrogen-bond acceptors (Lipinski definition) is 3. The second-order valence-corrected chi connectivity index (χ2v) is 8.54. The van der Waals surface area contributed by atoms with Gasteiger partial charge in [-0.25, -0.2) is 13.2 Å². The second-order valence-electron chi connectivity index (χ2n) is 5.98. The van der Waals surface area contributed by atoms with Crippen molar-refractivity contribution in [2.75, 3.05) is 24.2 Å². The molecule has 1 fully saturated rings. The van der Waals surface area contributed by atoms with Gasteiger partial charge in [-0.2, -0.15) is 0 Å². The molecule has 128 valence electrons. The Hall–Kier alpha value is -1.56. The van der Waals surface area contributed by atoms with Crippen molar-refractivity contribution < 1.29 is 13.2 Å². The van der Waals surface area contributed by atoms with Gasteiger partial charge >= 0.3 is 6.03 Å². The van der Waals surface area contributed by atoms with Crippen LogP contribution in [0.5, 0.6) is 0 Å². The summed E-state index contributed by atoms with van der Waals surface area (Å²) in [6.07, 6.45) is 3.00. The number of carbonyl (C=O) groups excluding carboxylic acids is 1. The lowest BCUT2D eigenvalue weighted by Gasteiger charge is -2.31. The van der Waals surface area contributed by atoms with E-state index in [4.69, 9.17) is 0 Å². The first-order valence-electron chi connectivity index (χ1n) is 8.33. The van der Waals surface area contributed by atoms with Crippen LogP contribution in [-0.2, 0) is 16.3 Å². The fourth-order valence-electron chi connectivity index (χ4n) is 2.98. The summed E-state index contributed by atoms with van der Waals surface area (Å²) in [5.41, 5.74) is 1.98. The Morgan fingerprint density at radius 1 is 1.22 bits per heavy atom. The molecule has 0 bridgehead atoms. The zero-order chi connectivity index (χ0) is 16.9. The maximum absolute atomic E-state index is 12.4. The largest absolute Gasteiger partial charge is 0.324 e. The number of nitrogens with zero attached hydrogens (tertiary/aromatic N) is 1. The van der Waals surface area contributed by atoms with Gasteiger partial charge in [-0.1, -0.05) is 38.5 Å². The standard InChI is InChI=1S/C17H26N2O3S/c1-3-7-14-8-5-6-9-16(14)18-17(20)19-12-10-15(11-13-19)23(21,22)4-2/h5-6,8-9,15H,3-4,7,10-13H2,1-2H3,(H,18,20). The number of nitrogens with one attached hydrogen (secondary N) is 1. The van der Waals surface area contributed by atoms with Crippen LogP contribution >= 0.6 is 0 Å². The summed E-state index contributed by atoms with van der Waals surface area (Å²) in [4.78, 5) is 14.1. The van der Waals surface area contributed by atoms with Crippen LogP contribution in [-0.4, -0.2) is 43.4 Å². The van der Waals surface area contributed by atoms with Crippen LogP contribution in [0.4, 0.5) is 10.5 Å². The molecule has 0 radical (unpaired) electrons. The lowest BCUT2D eigenvalue weighted by Crippen LogP contribution is -2.44. The van der Waals surface area contributed by atoms with E-state index in [1.165, 1.54) is 0 Å². The summed E-state index contributed by atoms with van der Waals surface area (Å²) in [6.45, 7) is 4.77. The number of urea groups is 1. The SMILES string of the molecule is CCCc1ccccc1NC(=O)N1CCC(S(=O)(=O)CC)CC1. The highest BCUT2D eigenvalue weighted by Crippen LogP contribution is 2.21. The molecule has 1 aromatic carbocycles. The zero-order valence-electron chi connectivity index (χ0n) is 13.9. The number of hydrogen-bond donors (Lipinski definition) is 1. The first-order chi connectivity index (χ1) is 11.0. The topological polar surface area (TPSA) is 66.5 Å². The van der Waals surface area contributed by atoms with Gasteiger partial charge in [0.2, 0.25) is 0 Å². The number of anilines is 1. The van der Waals surface area contributed by atoms with Gasteiger partial charge < -0.3 is 10.2 Å². The highest BCUT2D eigenvalue weighted by molar-refractivity contribution is 7.92. The normalized spacial score (nSPS) is 16.3. The quantitative estimate of drug-likeness (QED) is 0.897. The van der Waals surface area contributed by atoms with E-state index in [2.05, 4.69) is 12.2 Å². The number of amides is 2. The molecule has 0 aliphatic carbocycles. The Balaban J connectivity index is 1.96. The number of sulfone groups is 1. The third kappa shape index (κ3) is 4.47. The van der Waals surface area contributed by atoms with Crippen LogP contribution in [0.3, 0.4) is 0 Å². The van der Waals surface area contributed by atoms with E-state index >= 15 is 0 Å². The van der Waals surface area contributed by atoms with Crippen molar-refractivity contribution in [1.29, 1.82) is 0 Å². The predicted octanol–water partition coefficient (Wildman–Crippen LogP) is 3.07. The molecule has 0 atom stereocenters. The van der Waals surface area contributed by atoms with Crippen LogP contribution in [0.2, 0.25) is 0 Å². The van der Waals surface area contributed by atoms with E-state index in [9.17, 15) is 13.2 Å². The van der Waals surface area contributed by atoms with Crippen LogP contribution in [0, 0.1) is 0 Å². The van der Waals surface area contributed by atoms with E-state index in [1.807, 2.05) is 24.3 Å². The highest BCUT2D eigenvalue weighted by Gasteiger charge is 2.30. The molecular weight excluding hydrogens is 312 g/mol. The van der Waals surface area contributed by atoms with Crippen LogP contribution in [0.1, 0.15) is 38.7 Å². The van der Waals surface area contributed by atoms with E-state index in [0.29, 0.717) is 25.9 Å². The molecule has 0 aromatic heterocycles. The van der Waals surface area contributed by atoms with E-state index in [0.717, 1.165) is 24.1 Å². The van der Waals surface area contributed by atoms with Crippen molar-refractivity contribution in [3.05, 3.63) is 29.8 Å². The lowest BCUT2D eigenvalue weighted by atomic mass is 10.1. The second kappa shape index (κ2) is 7.81. The minimum Gasteiger partial charge on any atom is -0.324 e. The van der Waals surface area contributed by atoms with Gasteiger partial charge in [-0.15, -0.1) is 0 Å². The first kappa shape index (κ1) is 17.8. The molecule has 2 rings (SSSR count). The minimum absolute atomic E-state index is 0.138. The maximum Gasteiger partial charge on any atom is 0.321 e. The molecule has 1 heterocycles. The Bertz CT molecular complexity index is 635. The molecule has 2 amide bonds. The Morgan fingerprint density at radius 2 is 1.87 bits per heavy atom. The van der Waals surface area contributed by atoms with Crippen molar-refractivity contribution in [2.45, 2.75) is 44.8 Å². The predicted molar refractivity (Wildman–Crippen MR) is 93.5 cm³/mol. The summed E-state index contributed by atoms with van der Waals surface area (Å²) in [5.74, 6) is 0.175. The molecular formula is C17H26N2O3S. The molecule has 1 N–H and O–H groups in total. The Kier molecular flexibility index (Phi) is 6.04. The Labute approximate surface area is 139 Å². The smallest absolute Gasteiger partial charge is 0.321 e. The van der Waals surface area contributed by atoms with Gasteiger partial charge in [0.25, 0.3) is 0 Å². The number of piperidine rings is 1. The van der Waals surface area contributed by atoms with Crippen LogP contribution in [0.25, 0.3) is 0 Å². The summed E-state index contributed by atoms with van der Waals surface area (Å²) in [7, 11) is -3.00. The summed E-state index contributed by atoms with van der Waals surface area (Å²) >= 11 is 0. The molecule has 0 unspecified atom stereocenters. The number of rotatable bonds is 5.